The van der Waals surface area contributed by atoms with E-state index in [1.54, 1.807) is 30.0 Å². The summed E-state index contributed by atoms with van der Waals surface area (Å²) in [5.41, 5.74) is 1.55. The van der Waals surface area contributed by atoms with Gasteiger partial charge in [0.15, 0.2) is 5.78 Å². The number of aliphatic hydroxyl groups excluding tert-OH is 1. The van der Waals surface area contributed by atoms with Crippen LogP contribution < -0.4 is 0 Å². The fourth-order valence-electron chi connectivity index (χ4n) is 2.03. The number of ketones is 1. The van der Waals surface area contributed by atoms with Crippen LogP contribution in [0.5, 0.6) is 0 Å². The van der Waals surface area contributed by atoms with Crippen molar-refractivity contribution in [2.45, 2.75) is 13.3 Å². The molecule has 2 rings (SSSR count). The van der Waals surface area contributed by atoms with Crippen molar-refractivity contribution in [3.8, 4) is 0 Å². The topological polar surface area (TPSA) is 40.5 Å². The van der Waals surface area contributed by atoms with Crippen LogP contribution in [-0.4, -0.2) is 34.8 Å². The van der Waals surface area contributed by atoms with E-state index < -0.39 is 0 Å². The van der Waals surface area contributed by atoms with Gasteiger partial charge in [-0.2, -0.15) is 0 Å². The monoisotopic (exact) mass is 331 g/mol. The summed E-state index contributed by atoms with van der Waals surface area (Å²) < 4.78 is 0. The van der Waals surface area contributed by atoms with Crippen molar-refractivity contribution in [2.75, 3.05) is 19.0 Å². The van der Waals surface area contributed by atoms with Crippen molar-refractivity contribution < 1.29 is 9.90 Å². The van der Waals surface area contributed by atoms with Crippen LogP contribution in [0.25, 0.3) is 0 Å². The zero-order valence-electron chi connectivity index (χ0n) is 11.0. The molecule has 1 aromatic carbocycles. The fraction of sp³-hybridized carbons (Fsp3) is 0.357. The second-order valence-electron chi connectivity index (χ2n) is 4.50. The van der Waals surface area contributed by atoms with Gasteiger partial charge in [0.2, 0.25) is 0 Å². The fourth-order valence-corrected chi connectivity index (χ4v) is 3.71. The van der Waals surface area contributed by atoms with E-state index in [-0.39, 0.29) is 18.9 Å². The second-order valence-corrected chi connectivity index (χ2v) is 6.38. The van der Waals surface area contributed by atoms with E-state index in [2.05, 4.69) is 0 Å². The average molecular weight is 332 g/mol. The Kier molecular flexibility index (Phi) is 5.38. The average Bonchev–Trinajstić information content (AvgIpc) is 2.72. The maximum atomic E-state index is 12.3. The molecule has 0 aromatic heterocycles. The third-order valence-corrected chi connectivity index (χ3v) is 5.01. The number of carbonyl (C=O) groups excluding carboxylic acids is 1. The summed E-state index contributed by atoms with van der Waals surface area (Å²) in [4.78, 5) is 15.4. The lowest BCUT2D eigenvalue weighted by molar-refractivity contribution is 0.0958. The van der Waals surface area contributed by atoms with E-state index in [0.717, 1.165) is 16.5 Å². The smallest absolute Gasteiger partial charge is 0.183 e. The van der Waals surface area contributed by atoms with Gasteiger partial charge in [-0.25, -0.2) is 0 Å². The molecule has 0 saturated heterocycles. The lowest BCUT2D eigenvalue weighted by Gasteiger charge is -2.18. The minimum Gasteiger partial charge on any atom is -0.396 e. The van der Waals surface area contributed by atoms with Crippen molar-refractivity contribution in [3.05, 3.63) is 44.4 Å². The van der Waals surface area contributed by atoms with Crippen molar-refractivity contribution in [1.29, 1.82) is 0 Å². The largest absolute Gasteiger partial charge is 0.396 e. The number of benzene rings is 1. The standard InChI is InChI=1S/C14H15Cl2NO2S/c1-9-14(4-5-18)20-8-17(9)7-13(19)11-3-2-10(15)6-12(11)16/h2-3,6,18H,4-5,7-8H2,1H3. The Bertz CT molecular complexity index is 560. The predicted octanol–water partition coefficient (Wildman–Crippen LogP) is 3.80. The third-order valence-electron chi connectivity index (χ3n) is 3.18. The van der Waals surface area contributed by atoms with Crippen LogP contribution in [0.2, 0.25) is 10.0 Å². The highest BCUT2D eigenvalue weighted by Crippen LogP contribution is 2.34. The lowest BCUT2D eigenvalue weighted by Crippen LogP contribution is -2.26. The molecule has 0 unspecified atom stereocenters. The molecule has 1 heterocycles. The molecule has 0 radical (unpaired) electrons. The number of rotatable bonds is 5. The highest BCUT2D eigenvalue weighted by atomic mass is 35.5. The van der Waals surface area contributed by atoms with Gasteiger partial charge in [0.05, 0.1) is 17.4 Å². The van der Waals surface area contributed by atoms with Gasteiger partial charge in [-0.3, -0.25) is 4.79 Å². The number of aliphatic hydroxyl groups is 1. The Morgan fingerprint density at radius 2 is 2.20 bits per heavy atom. The van der Waals surface area contributed by atoms with Gasteiger partial charge in [-0.05, 0) is 25.1 Å². The maximum Gasteiger partial charge on any atom is 0.183 e. The zero-order valence-corrected chi connectivity index (χ0v) is 13.4. The van der Waals surface area contributed by atoms with Crippen molar-refractivity contribution in [2.24, 2.45) is 0 Å². The Balaban J connectivity index is 2.09. The second kappa shape index (κ2) is 6.85. The Morgan fingerprint density at radius 3 is 2.85 bits per heavy atom. The Hall–Kier alpha value is -0.680. The van der Waals surface area contributed by atoms with Gasteiger partial charge in [-0.15, -0.1) is 11.8 Å². The van der Waals surface area contributed by atoms with Gasteiger partial charge in [0.1, 0.15) is 0 Å². The maximum absolute atomic E-state index is 12.3. The van der Waals surface area contributed by atoms with Crippen LogP contribution in [0.15, 0.2) is 28.8 Å². The molecule has 1 aliphatic heterocycles. The van der Waals surface area contributed by atoms with Crippen molar-refractivity contribution in [3.63, 3.8) is 0 Å². The van der Waals surface area contributed by atoms with Gasteiger partial charge in [0.25, 0.3) is 0 Å². The summed E-state index contributed by atoms with van der Waals surface area (Å²) in [5, 5.41) is 9.89. The van der Waals surface area contributed by atoms with Crippen molar-refractivity contribution in [1.82, 2.24) is 4.90 Å². The minimum absolute atomic E-state index is 0.0307. The summed E-state index contributed by atoms with van der Waals surface area (Å²) >= 11 is 13.5. The summed E-state index contributed by atoms with van der Waals surface area (Å²) in [6.07, 6.45) is 0.642. The Labute approximate surface area is 132 Å². The third kappa shape index (κ3) is 3.50. The quantitative estimate of drug-likeness (QED) is 0.833. The summed E-state index contributed by atoms with van der Waals surface area (Å²) in [6, 6.07) is 4.90. The molecule has 6 heteroatoms. The number of Topliss-reactive ketones (excluding diaryl/α,β-unsaturated/α-hetero) is 1. The van der Waals surface area contributed by atoms with E-state index >= 15 is 0 Å². The molecular weight excluding hydrogens is 317 g/mol. The number of halogens is 2. The van der Waals surface area contributed by atoms with Gasteiger partial charge in [0, 0.05) is 34.2 Å². The predicted molar refractivity (Wildman–Crippen MR) is 84.4 cm³/mol. The molecule has 0 saturated carbocycles. The lowest BCUT2D eigenvalue weighted by atomic mass is 10.1. The molecule has 0 spiro atoms. The first-order valence-electron chi connectivity index (χ1n) is 6.19. The minimum atomic E-state index is -0.0307. The molecule has 0 atom stereocenters. The highest BCUT2D eigenvalue weighted by Gasteiger charge is 2.22. The van der Waals surface area contributed by atoms with Crippen LogP contribution in [0.4, 0.5) is 0 Å². The highest BCUT2D eigenvalue weighted by molar-refractivity contribution is 8.03. The molecule has 0 amide bonds. The van der Waals surface area contributed by atoms with Gasteiger partial charge in [-0.1, -0.05) is 23.2 Å². The first-order chi connectivity index (χ1) is 9.52. The summed E-state index contributed by atoms with van der Waals surface area (Å²) in [5.74, 6) is 0.704. The SMILES string of the molecule is CC1=C(CCO)SCN1CC(=O)c1ccc(Cl)cc1Cl. The van der Waals surface area contributed by atoms with E-state index in [4.69, 9.17) is 28.3 Å². The summed E-state index contributed by atoms with van der Waals surface area (Å²) in [7, 11) is 0. The number of thioether (sulfide) groups is 1. The van der Waals surface area contributed by atoms with E-state index in [1.807, 2.05) is 11.8 Å². The number of hydrogen-bond donors (Lipinski definition) is 1. The van der Waals surface area contributed by atoms with Crippen LogP contribution in [-0.2, 0) is 0 Å². The van der Waals surface area contributed by atoms with Crippen LogP contribution >= 0.6 is 35.0 Å². The number of nitrogens with zero attached hydrogens (tertiary/aromatic N) is 1. The molecule has 1 N–H and O–H groups in total. The Morgan fingerprint density at radius 1 is 1.45 bits per heavy atom. The first-order valence-corrected chi connectivity index (χ1v) is 7.93. The van der Waals surface area contributed by atoms with Crippen LogP contribution in [0.3, 0.4) is 0 Å². The molecule has 1 aromatic rings. The normalized spacial score (nSPS) is 15.1. The van der Waals surface area contributed by atoms with Gasteiger partial charge >= 0.3 is 0 Å². The van der Waals surface area contributed by atoms with E-state index in [0.29, 0.717) is 22.0 Å². The molecule has 0 fully saturated rings. The molecule has 0 aliphatic carbocycles. The van der Waals surface area contributed by atoms with E-state index in [1.165, 1.54) is 0 Å². The molecule has 20 heavy (non-hydrogen) atoms. The summed E-state index contributed by atoms with van der Waals surface area (Å²) in [6.45, 7) is 2.39. The van der Waals surface area contributed by atoms with E-state index in [9.17, 15) is 4.79 Å². The number of allylic oxidation sites excluding steroid dienone is 1. The molecule has 108 valence electrons. The van der Waals surface area contributed by atoms with Crippen LogP contribution in [0, 0.1) is 0 Å². The number of hydrogen-bond acceptors (Lipinski definition) is 4. The van der Waals surface area contributed by atoms with Crippen LogP contribution in [0.1, 0.15) is 23.7 Å². The first kappa shape index (κ1) is 15.7. The molecule has 0 bridgehead atoms. The molecule has 1 aliphatic rings. The molecular formula is C14H15Cl2NO2S. The van der Waals surface area contributed by atoms with Gasteiger partial charge < -0.3 is 10.0 Å². The molecule has 3 nitrogen and oxygen atoms in total. The number of carbonyl (C=O) groups is 1. The zero-order chi connectivity index (χ0) is 14.7. The van der Waals surface area contributed by atoms with Crippen molar-refractivity contribution >= 4 is 40.7 Å².